The fraction of sp³-hybridized carbons (Fsp3) is 0.350. The number of benzene rings is 1. The lowest BCUT2D eigenvalue weighted by molar-refractivity contribution is -0.122. The molecule has 0 saturated carbocycles. The van der Waals surface area contributed by atoms with Gasteiger partial charge in [0.15, 0.2) is 0 Å². The number of hydrogen-bond acceptors (Lipinski definition) is 7. The van der Waals surface area contributed by atoms with Gasteiger partial charge in [-0.2, -0.15) is 0 Å². The molecule has 30 heavy (non-hydrogen) atoms. The van der Waals surface area contributed by atoms with E-state index in [1.54, 1.807) is 13.8 Å². The molecule has 2 heterocycles. The number of Topliss-reactive ketones (excluding diaryl/α,β-unsaturated/α-hetero) is 1. The molecule has 0 aliphatic carbocycles. The van der Waals surface area contributed by atoms with Crippen molar-refractivity contribution in [1.82, 2.24) is 25.1 Å². The van der Waals surface area contributed by atoms with Crippen molar-refractivity contribution >= 4 is 11.7 Å². The highest BCUT2D eigenvalue weighted by Gasteiger charge is 2.30. The molecule has 0 aliphatic heterocycles. The van der Waals surface area contributed by atoms with Crippen molar-refractivity contribution in [3.05, 3.63) is 63.9 Å². The molecule has 3 N–H and O–H groups in total. The van der Waals surface area contributed by atoms with Gasteiger partial charge >= 0.3 is 5.69 Å². The topological polar surface area (TPSA) is 143 Å². The molecule has 1 amide bonds. The Bertz CT molecular complexity index is 1110. The fourth-order valence-electron chi connectivity index (χ4n) is 2.99. The van der Waals surface area contributed by atoms with Crippen LogP contribution in [0.5, 0.6) is 5.88 Å². The number of carbonyl (C=O) groups excluding carboxylic acids is 2. The molecule has 158 valence electrons. The van der Waals surface area contributed by atoms with E-state index in [-0.39, 0.29) is 17.7 Å². The molecule has 0 bridgehead atoms. The van der Waals surface area contributed by atoms with Gasteiger partial charge in [0.1, 0.15) is 6.54 Å². The van der Waals surface area contributed by atoms with Gasteiger partial charge in [0.05, 0.1) is 18.7 Å². The van der Waals surface area contributed by atoms with Gasteiger partial charge < -0.3 is 19.8 Å². The van der Waals surface area contributed by atoms with Crippen LogP contribution in [0.25, 0.3) is 0 Å². The summed E-state index contributed by atoms with van der Waals surface area (Å²) in [5.41, 5.74) is 1.44. The van der Waals surface area contributed by atoms with E-state index in [2.05, 4.69) is 20.5 Å². The predicted molar refractivity (Wildman–Crippen MR) is 106 cm³/mol. The van der Waals surface area contributed by atoms with E-state index in [0.717, 1.165) is 21.9 Å². The zero-order chi connectivity index (χ0) is 21.8. The van der Waals surface area contributed by atoms with Gasteiger partial charge in [0.2, 0.25) is 23.5 Å². The van der Waals surface area contributed by atoms with Crippen molar-refractivity contribution in [3.63, 3.8) is 0 Å². The van der Waals surface area contributed by atoms with E-state index in [1.807, 2.05) is 31.2 Å². The summed E-state index contributed by atoms with van der Waals surface area (Å²) < 4.78 is 6.37. The summed E-state index contributed by atoms with van der Waals surface area (Å²) in [6.45, 7) is 5.05. The van der Waals surface area contributed by atoms with E-state index in [0.29, 0.717) is 12.3 Å². The standard InChI is InChI=1S/C20H23N5O5/c1-11(2)17(22-14(26)10-25-16(27)9-21-20(25)29)18(28)19-24-23-15(30-19)8-13-6-4-5-12(3)7-13/h4-7,9,11,17,27H,8,10H2,1-3H3,(H,21,29)(H,22,26)/t17-/m0/s1. The summed E-state index contributed by atoms with van der Waals surface area (Å²) in [6.07, 6.45) is 1.46. The van der Waals surface area contributed by atoms with Crippen LogP contribution < -0.4 is 11.0 Å². The number of H-pyrrole nitrogens is 1. The number of ketones is 1. The van der Waals surface area contributed by atoms with Crippen LogP contribution in [0.2, 0.25) is 0 Å². The van der Waals surface area contributed by atoms with Crippen molar-refractivity contribution in [1.29, 1.82) is 0 Å². The highest BCUT2D eigenvalue weighted by Crippen LogP contribution is 2.14. The molecule has 10 nitrogen and oxygen atoms in total. The Morgan fingerprint density at radius 3 is 2.70 bits per heavy atom. The van der Waals surface area contributed by atoms with Gasteiger partial charge in [-0.15, -0.1) is 10.2 Å². The lowest BCUT2D eigenvalue weighted by Gasteiger charge is -2.19. The van der Waals surface area contributed by atoms with Crippen molar-refractivity contribution < 1.29 is 19.1 Å². The van der Waals surface area contributed by atoms with Crippen LogP contribution in [-0.4, -0.2) is 42.6 Å². The van der Waals surface area contributed by atoms with E-state index in [1.165, 1.54) is 0 Å². The van der Waals surface area contributed by atoms with Crippen LogP contribution in [0.4, 0.5) is 0 Å². The van der Waals surface area contributed by atoms with Crippen LogP contribution in [0.1, 0.15) is 41.6 Å². The van der Waals surface area contributed by atoms with Crippen molar-refractivity contribution in [2.24, 2.45) is 5.92 Å². The second-order valence-electron chi connectivity index (χ2n) is 7.36. The van der Waals surface area contributed by atoms with E-state index < -0.39 is 30.0 Å². The maximum atomic E-state index is 12.8. The van der Waals surface area contributed by atoms with Crippen LogP contribution in [0.3, 0.4) is 0 Å². The number of hydrogen-bond donors (Lipinski definition) is 3. The fourth-order valence-corrected chi connectivity index (χ4v) is 2.99. The van der Waals surface area contributed by atoms with Crippen LogP contribution in [0, 0.1) is 12.8 Å². The molecule has 3 aromatic rings. The number of carbonyl (C=O) groups is 2. The molecular weight excluding hydrogens is 390 g/mol. The highest BCUT2D eigenvalue weighted by molar-refractivity contribution is 5.98. The van der Waals surface area contributed by atoms with E-state index >= 15 is 0 Å². The maximum absolute atomic E-state index is 12.8. The minimum absolute atomic E-state index is 0.196. The van der Waals surface area contributed by atoms with Crippen LogP contribution in [0.15, 0.2) is 39.7 Å². The maximum Gasteiger partial charge on any atom is 0.328 e. The first-order valence-corrected chi connectivity index (χ1v) is 9.43. The van der Waals surface area contributed by atoms with Crippen LogP contribution in [-0.2, 0) is 17.8 Å². The molecule has 1 atom stereocenters. The number of nitrogens with zero attached hydrogens (tertiary/aromatic N) is 3. The number of aryl methyl sites for hydroxylation is 1. The molecule has 1 aromatic carbocycles. The van der Waals surface area contributed by atoms with Gasteiger partial charge in [-0.1, -0.05) is 43.7 Å². The zero-order valence-electron chi connectivity index (χ0n) is 16.9. The van der Waals surface area contributed by atoms with E-state index in [9.17, 15) is 19.5 Å². The molecule has 0 spiro atoms. The summed E-state index contributed by atoms with van der Waals surface area (Å²) >= 11 is 0. The SMILES string of the molecule is Cc1cccc(Cc2nnc(C(=O)[C@@H](NC(=O)Cn3c(O)c[nH]c3=O)C(C)C)o2)c1. The Hall–Kier alpha value is -3.69. The number of nitrogens with one attached hydrogen (secondary N) is 2. The second-order valence-corrected chi connectivity index (χ2v) is 7.36. The summed E-state index contributed by atoms with van der Waals surface area (Å²) in [4.78, 5) is 39.0. The predicted octanol–water partition coefficient (Wildman–Crippen LogP) is 1.19. The number of aromatic hydroxyl groups is 1. The second kappa shape index (κ2) is 8.76. The number of aromatic nitrogens is 4. The highest BCUT2D eigenvalue weighted by atomic mass is 16.4. The summed E-state index contributed by atoms with van der Waals surface area (Å²) in [5.74, 6) is -1.68. The average molecular weight is 413 g/mol. The third-order valence-electron chi connectivity index (χ3n) is 4.53. The Balaban J connectivity index is 1.70. The van der Waals surface area contributed by atoms with Crippen molar-refractivity contribution in [2.75, 3.05) is 0 Å². The molecule has 10 heteroatoms. The third-order valence-corrected chi connectivity index (χ3v) is 4.53. The first-order chi connectivity index (χ1) is 14.2. The quantitative estimate of drug-likeness (QED) is 0.471. The minimum atomic E-state index is -0.929. The van der Waals surface area contributed by atoms with Gasteiger partial charge in [-0.3, -0.25) is 14.2 Å². The van der Waals surface area contributed by atoms with E-state index in [4.69, 9.17) is 4.42 Å². The molecule has 0 fully saturated rings. The van der Waals surface area contributed by atoms with Crippen molar-refractivity contribution in [3.8, 4) is 5.88 Å². The Labute approximate surface area is 171 Å². The van der Waals surface area contributed by atoms with Crippen molar-refractivity contribution in [2.45, 2.75) is 39.8 Å². The third kappa shape index (κ3) is 4.83. The molecule has 3 rings (SSSR count). The summed E-state index contributed by atoms with van der Waals surface area (Å²) in [6, 6.07) is 6.88. The Morgan fingerprint density at radius 2 is 2.07 bits per heavy atom. The first-order valence-electron chi connectivity index (χ1n) is 9.43. The largest absolute Gasteiger partial charge is 0.493 e. The average Bonchev–Trinajstić information content (AvgIpc) is 3.27. The molecule has 0 unspecified atom stereocenters. The number of amides is 1. The Kier molecular flexibility index (Phi) is 6.14. The number of imidazole rings is 1. The molecule has 0 radical (unpaired) electrons. The van der Waals surface area contributed by atoms with Gasteiger partial charge in [0, 0.05) is 0 Å². The molecular formula is C20H23N5O5. The number of rotatable bonds is 8. The summed E-state index contributed by atoms with van der Waals surface area (Å²) in [7, 11) is 0. The van der Waals surface area contributed by atoms with Crippen LogP contribution >= 0.6 is 0 Å². The first kappa shape index (κ1) is 21.0. The summed E-state index contributed by atoms with van der Waals surface area (Å²) in [5, 5.41) is 19.9. The minimum Gasteiger partial charge on any atom is -0.493 e. The number of aromatic amines is 1. The normalized spacial score (nSPS) is 12.1. The molecule has 0 aliphatic rings. The Morgan fingerprint density at radius 1 is 1.30 bits per heavy atom. The van der Waals surface area contributed by atoms with Gasteiger partial charge in [0.25, 0.3) is 5.89 Å². The lowest BCUT2D eigenvalue weighted by atomic mass is 9.99. The molecule has 0 saturated heterocycles. The zero-order valence-corrected chi connectivity index (χ0v) is 16.9. The monoisotopic (exact) mass is 413 g/mol. The molecule has 2 aromatic heterocycles. The lowest BCUT2D eigenvalue weighted by Crippen LogP contribution is -2.46. The smallest absolute Gasteiger partial charge is 0.328 e. The van der Waals surface area contributed by atoms with Gasteiger partial charge in [-0.25, -0.2) is 4.79 Å². The van der Waals surface area contributed by atoms with Gasteiger partial charge in [-0.05, 0) is 18.4 Å².